The smallest absolute Gasteiger partial charge is 0.321 e. The van der Waals surface area contributed by atoms with Crippen LogP contribution in [-0.4, -0.2) is 39.2 Å². The van der Waals surface area contributed by atoms with Gasteiger partial charge in [-0.2, -0.15) is 0 Å². The Morgan fingerprint density at radius 2 is 1.64 bits per heavy atom. The quantitative estimate of drug-likeness (QED) is 0.696. The molecule has 3 amide bonds. The monoisotopic (exact) mass is 342 g/mol. The molecule has 6 nitrogen and oxygen atoms in total. The van der Waals surface area contributed by atoms with E-state index in [9.17, 15) is 9.59 Å². The van der Waals surface area contributed by atoms with Crippen LogP contribution in [0.5, 0.6) is 5.75 Å². The average molecular weight is 342 g/mol. The number of imide groups is 1. The molecule has 3 N–H and O–H groups in total. The number of benzene rings is 2. The Morgan fingerprint density at radius 1 is 1.04 bits per heavy atom. The van der Waals surface area contributed by atoms with Crippen molar-refractivity contribution in [1.82, 2.24) is 10.6 Å². The number of hydrogen-bond acceptors (Lipinski definition) is 3. The molecule has 2 aromatic carbocycles. The lowest BCUT2D eigenvalue weighted by Gasteiger charge is -2.24. The minimum absolute atomic E-state index is 0.345. The number of nitrogens with one attached hydrogen (secondary N) is 3. The van der Waals surface area contributed by atoms with Gasteiger partial charge in [-0.1, -0.05) is 48.5 Å². The van der Waals surface area contributed by atoms with Crippen molar-refractivity contribution >= 4 is 11.9 Å². The van der Waals surface area contributed by atoms with E-state index in [2.05, 4.69) is 10.6 Å². The number of urea groups is 1. The third kappa shape index (κ3) is 5.61. The number of carbonyl (C=O) groups excluding carboxylic acids is 2. The lowest BCUT2D eigenvalue weighted by atomic mass is 10.0. The number of amides is 3. The van der Waals surface area contributed by atoms with Gasteiger partial charge in [0.1, 0.15) is 18.9 Å². The van der Waals surface area contributed by atoms with Gasteiger partial charge in [0.2, 0.25) is 0 Å². The fourth-order valence-corrected chi connectivity index (χ4v) is 2.54. The molecule has 2 rings (SSSR count). The van der Waals surface area contributed by atoms with Gasteiger partial charge in [-0.3, -0.25) is 10.1 Å². The van der Waals surface area contributed by atoms with E-state index in [4.69, 9.17) is 4.74 Å². The summed E-state index contributed by atoms with van der Waals surface area (Å²) >= 11 is 0. The van der Waals surface area contributed by atoms with E-state index in [1.54, 1.807) is 0 Å². The molecule has 0 fully saturated rings. The number of para-hydroxylation sites is 1. The van der Waals surface area contributed by atoms with Crippen molar-refractivity contribution < 1.29 is 19.2 Å². The predicted molar refractivity (Wildman–Crippen MR) is 95.5 cm³/mol. The van der Waals surface area contributed by atoms with Crippen LogP contribution < -0.4 is 20.3 Å². The second-order valence-corrected chi connectivity index (χ2v) is 5.67. The Kier molecular flexibility index (Phi) is 6.98. The van der Waals surface area contributed by atoms with Crippen LogP contribution in [0.2, 0.25) is 0 Å². The maximum atomic E-state index is 12.6. The highest BCUT2D eigenvalue weighted by Crippen LogP contribution is 2.10. The summed E-state index contributed by atoms with van der Waals surface area (Å²) in [6.07, 6.45) is 0. The summed E-state index contributed by atoms with van der Waals surface area (Å²) in [7, 11) is 3.39. The van der Waals surface area contributed by atoms with Crippen molar-refractivity contribution in [3.8, 4) is 5.75 Å². The van der Waals surface area contributed by atoms with Crippen molar-refractivity contribution in [1.29, 1.82) is 0 Å². The third-order valence-electron chi connectivity index (χ3n) is 3.86. The predicted octanol–water partition coefficient (Wildman–Crippen LogP) is 0.777. The SMILES string of the molecule is CNC(=O)NC(=O)[C@H](c1ccccc1)[NH+](C)CCOc1ccccc1. The summed E-state index contributed by atoms with van der Waals surface area (Å²) in [5.41, 5.74) is 0.848. The lowest BCUT2D eigenvalue weighted by molar-refractivity contribution is -0.902. The first-order chi connectivity index (χ1) is 12.1. The molecule has 0 bridgehead atoms. The number of rotatable bonds is 7. The highest BCUT2D eigenvalue weighted by atomic mass is 16.5. The summed E-state index contributed by atoms with van der Waals surface area (Å²) in [5, 5.41) is 4.77. The normalized spacial score (nSPS) is 12.7. The zero-order chi connectivity index (χ0) is 18.1. The van der Waals surface area contributed by atoms with Gasteiger partial charge >= 0.3 is 6.03 Å². The van der Waals surface area contributed by atoms with E-state index < -0.39 is 12.1 Å². The first kappa shape index (κ1) is 18.5. The molecule has 0 spiro atoms. The van der Waals surface area contributed by atoms with E-state index in [0.717, 1.165) is 16.2 Å². The molecule has 2 aromatic rings. The second-order valence-electron chi connectivity index (χ2n) is 5.67. The van der Waals surface area contributed by atoms with Crippen LogP contribution in [0, 0.1) is 0 Å². The average Bonchev–Trinajstić information content (AvgIpc) is 2.63. The molecule has 0 radical (unpaired) electrons. The van der Waals surface area contributed by atoms with Gasteiger partial charge in [-0.25, -0.2) is 4.79 Å². The number of likely N-dealkylation sites (N-methyl/N-ethyl adjacent to an activating group) is 1. The fourth-order valence-electron chi connectivity index (χ4n) is 2.54. The van der Waals surface area contributed by atoms with Gasteiger partial charge in [-0.05, 0) is 12.1 Å². The van der Waals surface area contributed by atoms with E-state index in [1.165, 1.54) is 7.05 Å². The van der Waals surface area contributed by atoms with Crippen molar-refractivity contribution in [3.05, 3.63) is 66.2 Å². The van der Waals surface area contributed by atoms with Crippen LogP contribution in [-0.2, 0) is 4.79 Å². The van der Waals surface area contributed by atoms with Crippen LogP contribution in [0.1, 0.15) is 11.6 Å². The fraction of sp³-hybridized carbons (Fsp3) is 0.263. The number of hydrogen-bond donors (Lipinski definition) is 3. The van der Waals surface area contributed by atoms with E-state index in [1.807, 2.05) is 67.7 Å². The first-order valence-corrected chi connectivity index (χ1v) is 8.19. The van der Waals surface area contributed by atoms with E-state index >= 15 is 0 Å². The summed E-state index contributed by atoms with van der Waals surface area (Å²) in [6, 6.07) is 17.9. The molecule has 25 heavy (non-hydrogen) atoms. The van der Waals surface area contributed by atoms with Gasteiger partial charge in [-0.15, -0.1) is 0 Å². The number of quaternary nitrogens is 1. The third-order valence-corrected chi connectivity index (χ3v) is 3.86. The molecule has 0 aliphatic heterocycles. The van der Waals surface area contributed by atoms with Crippen molar-refractivity contribution in [2.45, 2.75) is 6.04 Å². The summed E-state index contributed by atoms with van der Waals surface area (Å²) in [5.74, 6) is 0.448. The first-order valence-electron chi connectivity index (χ1n) is 8.19. The van der Waals surface area contributed by atoms with E-state index in [0.29, 0.717) is 13.2 Å². The van der Waals surface area contributed by atoms with Gasteiger partial charge in [0.15, 0.2) is 6.04 Å². The molecule has 0 saturated heterocycles. The molecule has 1 unspecified atom stereocenters. The van der Waals surface area contributed by atoms with Crippen LogP contribution >= 0.6 is 0 Å². The molecule has 0 aromatic heterocycles. The molecule has 0 aliphatic rings. The van der Waals surface area contributed by atoms with Crippen molar-refractivity contribution in [3.63, 3.8) is 0 Å². The van der Waals surface area contributed by atoms with Gasteiger partial charge < -0.3 is 15.0 Å². The Bertz CT molecular complexity index is 677. The minimum atomic E-state index is -0.515. The van der Waals surface area contributed by atoms with Gasteiger partial charge in [0.05, 0.1) is 7.05 Å². The molecule has 6 heteroatoms. The second kappa shape index (κ2) is 9.44. The van der Waals surface area contributed by atoms with Crippen LogP contribution in [0.15, 0.2) is 60.7 Å². The van der Waals surface area contributed by atoms with Crippen LogP contribution in [0.4, 0.5) is 4.79 Å². The molecule has 132 valence electrons. The zero-order valence-corrected chi connectivity index (χ0v) is 14.5. The Morgan fingerprint density at radius 3 is 2.24 bits per heavy atom. The maximum Gasteiger partial charge on any atom is 0.321 e. The molecular weight excluding hydrogens is 318 g/mol. The lowest BCUT2D eigenvalue weighted by Crippen LogP contribution is -3.11. The highest BCUT2D eigenvalue weighted by Gasteiger charge is 2.30. The zero-order valence-electron chi connectivity index (χ0n) is 14.5. The topological polar surface area (TPSA) is 71.9 Å². The van der Waals surface area contributed by atoms with Crippen molar-refractivity contribution in [2.24, 2.45) is 0 Å². The molecule has 0 saturated carbocycles. The van der Waals surface area contributed by atoms with Gasteiger partial charge in [0.25, 0.3) is 5.91 Å². The molecule has 0 aliphatic carbocycles. The Labute approximate surface area is 147 Å². The minimum Gasteiger partial charge on any atom is -0.488 e. The van der Waals surface area contributed by atoms with Gasteiger partial charge in [0, 0.05) is 12.6 Å². The Hall–Kier alpha value is -2.86. The number of carbonyl (C=O) groups is 2. The van der Waals surface area contributed by atoms with Crippen LogP contribution in [0.3, 0.4) is 0 Å². The van der Waals surface area contributed by atoms with Crippen molar-refractivity contribution in [2.75, 3.05) is 27.2 Å². The summed E-state index contributed by atoms with van der Waals surface area (Å²) < 4.78 is 5.71. The largest absolute Gasteiger partial charge is 0.488 e. The van der Waals surface area contributed by atoms with Crippen LogP contribution in [0.25, 0.3) is 0 Å². The molecular formula is C19H24N3O3+. The summed E-state index contributed by atoms with van der Waals surface area (Å²) in [4.78, 5) is 25.0. The summed E-state index contributed by atoms with van der Waals surface area (Å²) in [6.45, 7) is 1.07. The molecule has 2 atom stereocenters. The molecule has 0 heterocycles. The van der Waals surface area contributed by atoms with E-state index in [-0.39, 0.29) is 5.91 Å². The Balaban J connectivity index is 2.03. The number of ether oxygens (including phenoxy) is 1. The maximum absolute atomic E-state index is 12.6. The highest BCUT2D eigenvalue weighted by molar-refractivity contribution is 5.96. The standard InChI is InChI=1S/C19H23N3O3/c1-20-19(24)21-18(23)17(15-9-5-3-6-10-15)22(2)13-14-25-16-11-7-4-8-12-16/h3-12,17H,13-14H2,1-2H3,(H2,20,21,23,24)/p+1/t17-/m0/s1.